The number of amides is 1. The zero-order chi connectivity index (χ0) is 16.4. The third-order valence-electron chi connectivity index (χ3n) is 5.24. The Hall–Kier alpha value is -1.59. The molecule has 1 spiro atoms. The van der Waals surface area contributed by atoms with E-state index < -0.39 is 0 Å². The van der Waals surface area contributed by atoms with Crippen LogP contribution in [0.15, 0.2) is 29.2 Å². The molecule has 3 heterocycles. The highest BCUT2D eigenvalue weighted by atomic mass is 16.5. The van der Waals surface area contributed by atoms with E-state index in [-0.39, 0.29) is 24.2 Å². The number of rotatable bonds is 4. The van der Waals surface area contributed by atoms with Crippen molar-refractivity contribution >= 4 is 5.91 Å². The first kappa shape index (κ1) is 16.3. The Morgan fingerprint density at radius 1 is 1.39 bits per heavy atom. The highest BCUT2D eigenvalue weighted by molar-refractivity contribution is 5.79. The van der Waals surface area contributed by atoms with Crippen LogP contribution >= 0.6 is 0 Å². The van der Waals surface area contributed by atoms with Crippen molar-refractivity contribution in [2.75, 3.05) is 26.2 Å². The van der Waals surface area contributed by atoms with Crippen molar-refractivity contribution in [1.29, 1.82) is 0 Å². The first-order chi connectivity index (χ1) is 11.0. The Kier molecular flexibility index (Phi) is 4.60. The Balaban J connectivity index is 1.62. The van der Waals surface area contributed by atoms with E-state index in [1.165, 1.54) is 0 Å². The lowest BCUT2D eigenvalue weighted by Crippen LogP contribution is -2.63. The summed E-state index contributed by atoms with van der Waals surface area (Å²) in [6, 6.07) is 4.14. The second-order valence-corrected chi connectivity index (χ2v) is 6.65. The topological polar surface area (TPSA) is 45.9 Å². The number of hydrogen-bond donors (Lipinski definition) is 0. The molecule has 0 aliphatic carbocycles. The minimum atomic E-state index is -0.216. The molecular formula is C18H26N2O3. The molecule has 1 aromatic heterocycles. The summed E-state index contributed by atoms with van der Waals surface area (Å²) in [5.41, 5.74) is -0.216. The molecule has 2 saturated heterocycles. The lowest BCUT2D eigenvalue weighted by atomic mass is 9.82. The van der Waals surface area contributed by atoms with Crippen LogP contribution < -0.4 is 0 Å². The van der Waals surface area contributed by atoms with Crippen molar-refractivity contribution < 1.29 is 13.9 Å². The summed E-state index contributed by atoms with van der Waals surface area (Å²) in [5.74, 6) is 2.03. The molecule has 126 valence electrons. The highest BCUT2D eigenvalue weighted by Gasteiger charge is 2.47. The van der Waals surface area contributed by atoms with Gasteiger partial charge in [0.05, 0.1) is 18.2 Å². The van der Waals surface area contributed by atoms with Crippen molar-refractivity contribution in [2.45, 2.75) is 44.9 Å². The molecule has 23 heavy (non-hydrogen) atoms. The Morgan fingerprint density at radius 2 is 2.13 bits per heavy atom. The molecule has 5 heteroatoms. The molecule has 0 saturated carbocycles. The number of morpholine rings is 1. The molecule has 5 nitrogen and oxygen atoms in total. The van der Waals surface area contributed by atoms with E-state index in [9.17, 15) is 4.79 Å². The molecular weight excluding hydrogens is 292 g/mol. The van der Waals surface area contributed by atoms with Gasteiger partial charge in [-0.2, -0.15) is 0 Å². The molecule has 0 unspecified atom stereocenters. The van der Waals surface area contributed by atoms with Gasteiger partial charge in [0.1, 0.15) is 18.1 Å². The van der Waals surface area contributed by atoms with Crippen LogP contribution in [0.3, 0.4) is 0 Å². The van der Waals surface area contributed by atoms with Gasteiger partial charge in [-0.05, 0) is 38.8 Å². The maximum atomic E-state index is 12.1. The summed E-state index contributed by atoms with van der Waals surface area (Å²) in [5, 5.41) is 0. The number of carbonyl (C=O) groups is 1. The molecule has 0 aromatic carbocycles. The van der Waals surface area contributed by atoms with Crippen LogP contribution in [-0.4, -0.2) is 53.6 Å². The molecule has 3 rings (SSSR count). The van der Waals surface area contributed by atoms with Gasteiger partial charge in [0.15, 0.2) is 0 Å². The fourth-order valence-electron chi connectivity index (χ4n) is 3.75. The van der Waals surface area contributed by atoms with Gasteiger partial charge in [0.25, 0.3) is 0 Å². The van der Waals surface area contributed by atoms with Gasteiger partial charge in [0.2, 0.25) is 5.91 Å². The number of piperidine rings is 1. The molecule has 0 N–H and O–H groups in total. The summed E-state index contributed by atoms with van der Waals surface area (Å²) in [6.45, 7) is 11.4. The molecule has 0 bridgehead atoms. The fraction of sp³-hybridized carbons (Fsp3) is 0.611. The van der Waals surface area contributed by atoms with Crippen LogP contribution in [0.5, 0.6) is 0 Å². The van der Waals surface area contributed by atoms with Crippen LogP contribution in [-0.2, 0) is 16.1 Å². The third-order valence-corrected chi connectivity index (χ3v) is 5.24. The number of carbonyl (C=O) groups excluding carboxylic acids is 1. The molecule has 0 radical (unpaired) electrons. The number of likely N-dealkylation sites (tertiary alicyclic amines) is 1. The lowest BCUT2D eigenvalue weighted by molar-refractivity contribution is -0.185. The molecule has 1 aromatic rings. The van der Waals surface area contributed by atoms with Gasteiger partial charge < -0.3 is 14.1 Å². The molecule has 1 amide bonds. The number of ether oxygens (including phenoxy) is 1. The Bertz CT molecular complexity index is 573. The maximum Gasteiger partial charge on any atom is 0.249 e. The van der Waals surface area contributed by atoms with E-state index in [0.717, 1.165) is 44.0 Å². The largest absolute Gasteiger partial charge is 0.465 e. The van der Waals surface area contributed by atoms with Crippen molar-refractivity contribution in [1.82, 2.24) is 9.80 Å². The van der Waals surface area contributed by atoms with Crippen LogP contribution in [0, 0.1) is 6.92 Å². The van der Waals surface area contributed by atoms with Gasteiger partial charge in [0, 0.05) is 19.6 Å². The van der Waals surface area contributed by atoms with Crippen LogP contribution in [0.1, 0.15) is 31.3 Å². The molecule has 2 fully saturated rings. The summed E-state index contributed by atoms with van der Waals surface area (Å²) in [6.07, 6.45) is 3.67. The van der Waals surface area contributed by atoms with Gasteiger partial charge in [-0.25, -0.2) is 0 Å². The highest BCUT2D eigenvalue weighted by Crippen LogP contribution is 2.36. The number of nitrogens with zero attached hydrogens (tertiary/aromatic N) is 2. The summed E-state index contributed by atoms with van der Waals surface area (Å²) >= 11 is 0. The minimum Gasteiger partial charge on any atom is -0.465 e. The predicted octanol–water partition coefficient (Wildman–Crippen LogP) is 2.36. The lowest BCUT2D eigenvalue weighted by Gasteiger charge is -2.51. The second-order valence-electron chi connectivity index (χ2n) is 6.65. The normalized spacial score (nSPS) is 25.0. The summed E-state index contributed by atoms with van der Waals surface area (Å²) in [4.78, 5) is 16.4. The smallest absolute Gasteiger partial charge is 0.249 e. The van der Waals surface area contributed by atoms with Crippen molar-refractivity contribution in [2.24, 2.45) is 0 Å². The second kappa shape index (κ2) is 6.49. The van der Waals surface area contributed by atoms with Crippen LogP contribution in [0.25, 0.3) is 0 Å². The molecule has 1 atom stereocenters. The van der Waals surface area contributed by atoms with Gasteiger partial charge in [-0.15, -0.1) is 6.58 Å². The summed E-state index contributed by atoms with van der Waals surface area (Å²) in [7, 11) is 0. The third kappa shape index (κ3) is 3.21. The number of furan rings is 1. The predicted molar refractivity (Wildman–Crippen MR) is 88.0 cm³/mol. The van der Waals surface area contributed by atoms with Gasteiger partial charge >= 0.3 is 0 Å². The van der Waals surface area contributed by atoms with E-state index in [0.29, 0.717) is 6.54 Å². The van der Waals surface area contributed by atoms with Crippen LogP contribution in [0.4, 0.5) is 0 Å². The Labute approximate surface area is 137 Å². The van der Waals surface area contributed by atoms with E-state index >= 15 is 0 Å². The zero-order valence-electron chi connectivity index (χ0n) is 14.1. The first-order valence-corrected chi connectivity index (χ1v) is 8.36. The van der Waals surface area contributed by atoms with Gasteiger partial charge in [-0.1, -0.05) is 6.08 Å². The quantitative estimate of drug-likeness (QED) is 0.800. The van der Waals surface area contributed by atoms with Gasteiger partial charge in [-0.3, -0.25) is 9.69 Å². The first-order valence-electron chi connectivity index (χ1n) is 8.36. The average Bonchev–Trinajstić information content (AvgIpc) is 2.95. The Morgan fingerprint density at radius 3 is 2.74 bits per heavy atom. The zero-order valence-corrected chi connectivity index (χ0v) is 14.1. The average molecular weight is 318 g/mol. The van der Waals surface area contributed by atoms with E-state index in [2.05, 4.69) is 18.4 Å². The van der Waals surface area contributed by atoms with Crippen molar-refractivity contribution in [3.05, 3.63) is 36.3 Å². The number of aryl methyl sites for hydroxylation is 1. The maximum absolute atomic E-state index is 12.1. The molecule has 2 aliphatic heterocycles. The standard InChI is InChI=1S/C18H26N2O3/c1-4-9-20-15(3)18(22-13-17(20)21)7-10-19(11-8-18)12-16-6-5-14(2)23-16/h4-6,15H,1,7-13H2,2-3H3/t15-/m1/s1. The van der Waals surface area contributed by atoms with Crippen molar-refractivity contribution in [3.63, 3.8) is 0 Å². The van der Waals surface area contributed by atoms with Crippen LogP contribution in [0.2, 0.25) is 0 Å². The number of hydrogen-bond acceptors (Lipinski definition) is 4. The van der Waals surface area contributed by atoms with E-state index in [1.54, 1.807) is 6.08 Å². The SMILES string of the molecule is C=CCN1C(=O)COC2(CCN(Cc3ccc(C)o3)CC2)[C@H]1C. The van der Waals surface area contributed by atoms with E-state index in [1.807, 2.05) is 24.0 Å². The monoisotopic (exact) mass is 318 g/mol. The van der Waals surface area contributed by atoms with Crippen molar-refractivity contribution in [3.8, 4) is 0 Å². The summed E-state index contributed by atoms with van der Waals surface area (Å²) < 4.78 is 11.7. The van der Waals surface area contributed by atoms with E-state index in [4.69, 9.17) is 9.15 Å². The minimum absolute atomic E-state index is 0.0662. The fourth-order valence-corrected chi connectivity index (χ4v) is 3.75. The molecule has 2 aliphatic rings.